The summed E-state index contributed by atoms with van der Waals surface area (Å²) >= 11 is 0. The van der Waals surface area contributed by atoms with Gasteiger partial charge in [-0.2, -0.15) is 0 Å². The molecule has 0 unspecified atom stereocenters. The second-order valence-corrected chi connectivity index (χ2v) is 8.99. The minimum Gasteiger partial charge on any atom is -0.507 e. The van der Waals surface area contributed by atoms with Crippen LogP contribution >= 0.6 is 0 Å². The lowest BCUT2D eigenvalue weighted by atomic mass is 9.93. The van der Waals surface area contributed by atoms with Gasteiger partial charge in [-0.1, -0.05) is 45.0 Å². The lowest BCUT2D eigenvalue weighted by Crippen LogP contribution is -2.35. The van der Waals surface area contributed by atoms with Crippen LogP contribution < -0.4 is 4.74 Å². The van der Waals surface area contributed by atoms with Gasteiger partial charge in [0.1, 0.15) is 11.5 Å². The Labute approximate surface area is 196 Å². The molecule has 3 rings (SSSR count). The number of amides is 1. The van der Waals surface area contributed by atoms with E-state index in [0.29, 0.717) is 36.9 Å². The number of aliphatic hydroxyl groups excluding tert-OH is 1. The second-order valence-electron chi connectivity index (χ2n) is 8.99. The van der Waals surface area contributed by atoms with E-state index in [-0.39, 0.29) is 11.3 Å². The zero-order valence-electron chi connectivity index (χ0n) is 20.2. The van der Waals surface area contributed by atoms with Crippen LogP contribution in [0.3, 0.4) is 0 Å². The quantitative estimate of drug-likeness (QED) is 0.344. The fourth-order valence-electron chi connectivity index (χ4n) is 3.91. The molecule has 0 radical (unpaired) electrons. The van der Waals surface area contributed by atoms with Gasteiger partial charge in [-0.15, -0.1) is 0 Å². The molecule has 1 fully saturated rings. The summed E-state index contributed by atoms with van der Waals surface area (Å²) in [5, 5.41) is 11.2. The Kier molecular flexibility index (Phi) is 7.92. The van der Waals surface area contributed by atoms with Crippen LogP contribution in [0.25, 0.3) is 5.76 Å². The molecular weight excluding hydrogens is 416 g/mol. The normalized spacial score (nSPS) is 17.9. The summed E-state index contributed by atoms with van der Waals surface area (Å²) in [5.74, 6) is -0.344. The van der Waals surface area contributed by atoms with Gasteiger partial charge in [0.2, 0.25) is 0 Å². The predicted octanol–water partition coefficient (Wildman–Crippen LogP) is 4.58. The number of likely N-dealkylation sites (N-methyl/N-ethyl adjacent to an activating group) is 1. The lowest BCUT2D eigenvalue weighted by molar-refractivity contribution is -0.140. The number of benzene rings is 2. The third-order valence-electron chi connectivity index (χ3n) is 5.85. The molecule has 1 saturated heterocycles. The number of hydrogen-bond acceptors (Lipinski definition) is 5. The molecule has 0 spiro atoms. The minimum absolute atomic E-state index is 0.123. The van der Waals surface area contributed by atoms with Crippen LogP contribution in [0, 0.1) is 0 Å². The molecule has 1 heterocycles. The highest BCUT2D eigenvalue weighted by Crippen LogP contribution is 2.39. The van der Waals surface area contributed by atoms with Gasteiger partial charge in [0.15, 0.2) is 0 Å². The summed E-state index contributed by atoms with van der Waals surface area (Å²) < 4.78 is 5.61. The van der Waals surface area contributed by atoms with Gasteiger partial charge in [0.05, 0.1) is 18.2 Å². The summed E-state index contributed by atoms with van der Waals surface area (Å²) in [5.41, 5.74) is 2.58. The van der Waals surface area contributed by atoms with E-state index in [2.05, 4.69) is 13.8 Å². The fourth-order valence-corrected chi connectivity index (χ4v) is 3.91. The van der Waals surface area contributed by atoms with Crippen LogP contribution in [0.5, 0.6) is 5.75 Å². The largest absolute Gasteiger partial charge is 0.507 e. The molecule has 2 aromatic carbocycles. The number of nitrogens with zero attached hydrogens (tertiary/aromatic N) is 2. The Balaban J connectivity index is 2.05. The predicted molar refractivity (Wildman–Crippen MR) is 130 cm³/mol. The van der Waals surface area contributed by atoms with Crippen LogP contribution in [0.1, 0.15) is 55.8 Å². The fraction of sp³-hybridized carbons (Fsp3) is 0.407. The standard InChI is InChI=1S/C27H34N2O4/c1-6-17-33-22-13-11-21(12-14-22)25(30)23-24(20-9-7-19(8-10-20)18(2)3)29(16-15-28(4)5)27(32)26(23)31/h7-14,18,24,30H,6,15-17H2,1-5H3/t24-/m1/s1. The molecule has 1 N–H and O–H groups in total. The van der Waals surface area contributed by atoms with Crippen molar-refractivity contribution in [2.75, 3.05) is 33.8 Å². The average Bonchev–Trinajstić information content (AvgIpc) is 3.06. The average molecular weight is 451 g/mol. The van der Waals surface area contributed by atoms with Gasteiger partial charge in [-0.05, 0) is 61.8 Å². The van der Waals surface area contributed by atoms with Crippen molar-refractivity contribution >= 4 is 17.4 Å². The van der Waals surface area contributed by atoms with Crippen molar-refractivity contribution in [2.45, 2.75) is 39.2 Å². The van der Waals surface area contributed by atoms with E-state index < -0.39 is 17.7 Å². The number of likely N-dealkylation sites (tertiary alicyclic amines) is 1. The number of rotatable bonds is 9. The first-order valence-corrected chi connectivity index (χ1v) is 11.5. The third-order valence-corrected chi connectivity index (χ3v) is 5.85. The van der Waals surface area contributed by atoms with E-state index in [4.69, 9.17) is 4.74 Å². The maximum Gasteiger partial charge on any atom is 0.295 e. The Hall–Kier alpha value is -3.12. The van der Waals surface area contributed by atoms with Crippen LogP contribution in [-0.4, -0.2) is 60.4 Å². The maximum absolute atomic E-state index is 13.1. The number of aliphatic hydroxyl groups is 1. The van der Waals surface area contributed by atoms with Gasteiger partial charge < -0.3 is 19.6 Å². The first-order chi connectivity index (χ1) is 15.7. The molecule has 1 aliphatic rings. The van der Waals surface area contributed by atoms with Gasteiger partial charge in [0, 0.05) is 18.7 Å². The van der Waals surface area contributed by atoms with E-state index in [0.717, 1.165) is 12.0 Å². The molecule has 0 aliphatic carbocycles. The number of Topliss-reactive ketones (excluding diaryl/α,β-unsaturated/α-hetero) is 1. The van der Waals surface area contributed by atoms with Gasteiger partial charge in [-0.25, -0.2) is 0 Å². The van der Waals surface area contributed by atoms with Gasteiger partial charge >= 0.3 is 0 Å². The second kappa shape index (κ2) is 10.7. The Morgan fingerprint density at radius 2 is 1.70 bits per heavy atom. The highest BCUT2D eigenvalue weighted by Gasteiger charge is 2.45. The zero-order chi connectivity index (χ0) is 24.1. The smallest absolute Gasteiger partial charge is 0.295 e. The number of ether oxygens (including phenoxy) is 1. The highest BCUT2D eigenvalue weighted by atomic mass is 16.5. The molecule has 0 bridgehead atoms. The molecule has 6 heteroatoms. The molecule has 0 aromatic heterocycles. The lowest BCUT2D eigenvalue weighted by Gasteiger charge is -2.27. The monoisotopic (exact) mass is 450 g/mol. The zero-order valence-corrected chi connectivity index (χ0v) is 20.2. The summed E-state index contributed by atoms with van der Waals surface area (Å²) in [6.07, 6.45) is 0.897. The summed E-state index contributed by atoms with van der Waals surface area (Å²) in [7, 11) is 3.84. The molecule has 6 nitrogen and oxygen atoms in total. The maximum atomic E-state index is 13.1. The van der Waals surface area contributed by atoms with Crippen molar-refractivity contribution in [3.05, 3.63) is 70.8 Å². The number of hydrogen-bond donors (Lipinski definition) is 1. The van der Waals surface area contributed by atoms with E-state index >= 15 is 0 Å². The third kappa shape index (κ3) is 5.45. The Morgan fingerprint density at radius 1 is 1.06 bits per heavy atom. The minimum atomic E-state index is -0.657. The van der Waals surface area contributed by atoms with Crippen molar-refractivity contribution in [3.8, 4) is 5.75 Å². The first-order valence-electron chi connectivity index (χ1n) is 11.5. The van der Waals surface area contributed by atoms with Crippen molar-refractivity contribution in [1.29, 1.82) is 0 Å². The van der Waals surface area contributed by atoms with Crippen LogP contribution in [-0.2, 0) is 9.59 Å². The summed E-state index contributed by atoms with van der Waals surface area (Å²) in [4.78, 5) is 29.6. The van der Waals surface area contributed by atoms with Crippen LogP contribution in [0.4, 0.5) is 0 Å². The van der Waals surface area contributed by atoms with Gasteiger partial charge in [0.25, 0.3) is 11.7 Å². The van der Waals surface area contributed by atoms with Crippen LogP contribution in [0.15, 0.2) is 54.1 Å². The van der Waals surface area contributed by atoms with E-state index in [9.17, 15) is 14.7 Å². The molecule has 176 valence electrons. The molecule has 0 saturated carbocycles. The molecule has 33 heavy (non-hydrogen) atoms. The molecule has 1 atom stereocenters. The molecular formula is C27H34N2O4. The number of carbonyl (C=O) groups excluding carboxylic acids is 2. The number of carbonyl (C=O) groups is 2. The summed E-state index contributed by atoms with van der Waals surface area (Å²) in [6.45, 7) is 7.86. The molecule has 1 amide bonds. The first kappa shape index (κ1) is 24.5. The van der Waals surface area contributed by atoms with E-state index in [1.54, 1.807) is 29.2 Å². The number of ketones is 1. The topological polar surface area (TPSA) is 70.1 Å². The van der Waals surface area contributed by atoms with E-state index in [1.165, 1.54) is 5.56 Å². The highest BCUT2D eigenvalue weighted by molar-refractivity contribution is 6.46. The van der Waals surface area contributed by atoms with Crippen molar-refractivity contribution in [2.24, 2.45) is 0 Å². The van der Waals surface area contributed by atoms with E-state index in [1.807, 2.05) is 50.2 Å². The van der Waals surface area contributed by atoms with Gasteiger partial charge in [-0.3, -0.25) is 9.59 Å². The summed E-state index contributed by atoms with van der Waals surface area (Å²) in [6, 6.07) is 14.3. The van der Waals surface area contributed by atoms with Crippen LogP contribution in [0.2, 0.25) is 0 Å². The van der Waals surface area contributed by atoms with Crippen molar-refractivity contribution in [3.63, 3.8) is 0 Å². The van der Waals surface area contributed by atoms with Crippen molar-refractivity contribution < 1.29 is 19.4 Å². The molecule has 2 aromatic rings. The molecule has 1 aliphatic heterocycles. The Bertz CT molecular complexity index is 1010. The Morgan fingerprint density at radius 3 is 2.24 bits per heavy atom. The SMILES string of the molecule is CCCOc1ccc(C(O)=C2C(=O)C(=O)N(CCN(C)C)[C@@H]2c2ccc(C(C)C)cc2)cc1. The van der Waals surface area contributed by atoms with Crippen molar-refractivity contribution in [1.82, 2.24) is 9.80 Å².